The number of ether oxygens (including phenoxy) is 1. The molecule has 1 aliphatic heterocycles. The fraction of sp³-hybridized carbons (Fsp3) is 0.500. The normalized spacial score (nSPS) is 20.4. The summed E-state index contributed by atoms with van der Waals surface area (Å²) in [5.74, 6) is -0.884. The smallest absolute Gasteiger partial charge is 0.261 e. The maximum Gasteiger partial charge on any atom is 0.261 e. The molecular weight excluding hydrogens is 367 g/mol. The molecule has 7 heteroatoms. The molecule has 1 aliphatic carbocycles. The second-order valence-corrected chi connectivity index (χ2v) is 6.81. The summed E-state index contributed by atoms with van der Waals surface area (Å²) in [6.45, 7) is 0.263. The zero-order valence-electron chi connectivity index (χ0n) is 12.6. The molecule has 23 heavy (non-hydrogen) atoms. The molecule has 1 saturated heterocycles. The summed E-state index contributed by atoms with van der Waals surface area (Å²) in [4.78, 5) is 26.0. The van der Waals surface area contributed by atoms with E-state index in [4.69, 9.17) is 4.74 Å². The highest BCUT2D eigenvalue weighted by atomic mass is 79.9. The molecule has 0 radical (unpaired) electrons. The number of halogens is 2. The van der Waals surface area contributed by atoms with Gasteiger partial charge in [-0.3, -0.25) is 9.59 Å². The van der Waals surface area contributed by atoms with Gasteiger partial charge >= 0.3 is 0 Å². The van der Waals surface area contributed by atoms with Crippen molar-refractivity contribution in [3.05, 3.63) is 28.5 Å². The van der Waals surface area contributed by atoms with Crippen LogP contribution >= 0.6 is 15.9 Å². The molecule has 1 aromatic carbocycles. The van der Waals surface area contributed by atoms with Crippen LogP contribution in [0.3, 0.4) is 0 Å². The number of rotatable bonds is 5. The van der Waals surface area contributed by atoms with Gasteiger partial charge in [0.2, 0.25) is 5.91 Å². The van der Waals surface area contributed by atoms with Crippen molar-refractivity contribution in [2.75, 3.05) is 13.2 Å². The van der Waals surface area contributed by atoms with E-state index in [0.717, 1.165) is 19.3 Å². The Labute approximate surface area is 142 Å². The minimum atomic E-state index is -0.531. The Kier molecular flexibility index (Phi) is 4.84. The van der Waals surface area contributed by atoms with Crippen molar-refractivity contribution in [1.29, 1.82) is 0 Å². The van der Waals surface area contributed by atoms with E-state index in [9.17, 15) is 14.0 Å². The molecule has 1 saturated carbocycles. The van der Waals surface area contributed by atoms with Crippen molar-refractivity contribution in [3.63, 3.8) is 0 Å². The molecule has 0 aromatic heterocycles. The van der Waals surface area contributed by atoms with Gasteiger partial charge in [-0.1, -0.05) is 15.9 Å². The van der Waals surface area contributed by atoms with Crippen molar-refractivity contribution >= 4 is 27.7 Å². The van der Waals surface area contributed by atoms with Crippen LogP contribution in [0.25, 0.3) is 0 Å². The number of nitrogens with zero attached hydrogens (tertiary/aromatic N) is 1. The standard InChI is InChI=1S/C16H18BrFN2O3/c17-10-3-6-14(12(18)8-10)23-9-15(21)20-7-1-2-13(20)16(22)19-11-4-5-11/h3,6,8,11,13H,1-2,4-5,7,9H2,(H,19,22)/t13-/m0/s1. The fourth-order valence-electron chi connectivity index (χ4n) is 2.68. The van der Waals surface area contributed by atoms with Gasteiger partial charge in [-0.2, -0.15) is 0 Å². The molecule has 1 N–H and O–H groups in total. The number of likely N-dealkylation sites (tertiary alicyclic amines) is 1. The molecule has 124 valence electrons. The second-order valence-electron chi connectivity index (χ2n) is 5.89. The van der Waals surface area contributed by atoms with E-state index in [1.54, 1.807) is 6.07 Å². The maximum absolute atomic E-state index is 13.7. The van der Waals surface area contributed by atoms with E-state index >= 15 is 0 Å². The Morgan fingerprint density at radius 3 is 2.83 bits per heavy atom. The van der Waals surface area contributed by atoms with Crippen LogP contribution < -0.4 is 10.1 Å². The van der Waals surface area contributed by atoms with E-state index in [2.05, 4.69) is 21.2 Å². The first-order valence-electron chi connectivity index (χ1n) is 7.72. The van der Waals surface area contributed by atoms with E-state index in [0.29, 0.717) is 17.4 Å². The Hall–Kier alpha value is -1.63. The Bertz CT molecular complexity index is 621. The summed E-state index contributed by atoms with van der Waals surface area (Å²) in [6, 6.07) is 4.23. The maximum atomic E-state index is 13.7. The summed E-state index contributed by atoms with van der Waals surface area (Å²) in [5, 5.41) is 2.93. The lowest BCUT2D eigenvalue weighted by Crippen LogP contribution is -2.47. The molecule has 0 bridgehead atoms. The predicted molar refractivity (Wildman–Crippen MR) is 85.5 cm³/mol. The van der Waals surface area contributed by atoms with Crippen molar-refractivity contribution in [2.45, 2.75) is 37.8 Å². The van der Waals surface area contributed by atoms with Gasteiger partial charge in [-0.05, 0) is 43.9 Å². The van der Waals surface area contributed by atoms with Crippen LogP contribution in [0.15, 0.2) is 22.7 Å². The van der Waals surface area contributed by atoms with Gasteiger partial charge in [0.15, 0.2) is 18.2 Å². The van der Waals surface area contributed by atoms with Crippen molar-refractivity contribution < 1.29 is 18.7 Å². The Morgan fingerprint density at radius 1 is 1.35 bits per heavy atom. The van der Waals surface area contributed by atoms with Gasteiger partial charge < -0.3 is 15.0 Å². The zero-order valence-corrected chi connectivity index (χ0v) is 14.1. The fourth-order valence-corrected chi connectivity index (χ4v) is 3.01. The van der Waals surface area contributed by atoms with Gasteiger partial charge in [-0.25, -0.2) is 4.39 Å². The topological polar surface area (TPSA) is 58.6 Å². The van der Waals surface area contributed by atoms with Crippen molar-refractivity contribution in [3.8, 4) is 5.75 Å². The summed E-state index contributed by atoms with van der Waals surface area (Å²) in [7, 11) is 0. The zero-order chi connectivity index (χ0) is 16.4. The average Bonchev–Trinajstić information content (AvgIpc) is 3.17. The van der Waals surface area contributed by atoms with Crippen LogP contribution in [0, 0.1) is 5.82 Å². The van der Waals surface area contributed by atoms with Crippen LogP contribution in [0.2, 0.25) is 0 Å². The summed E-state index contributed by atoms with van der Waals surface area (Å²) in [5.41, 5.74) is 0. The number of benzene rings is 1. The Balaban J connectivity index is 1.57. The first-order chi connectivity index (χ1) is 11.0. The number of carbonyl (C=O) groups excluding carboxylic acids is 2. The molecule has 1 atom stereocenters. The largest absolute Gasteiger partial charge is 0.481 e. The number of hydrogen-bond donors (Lipinski definition) is 1. The minimum absolute atomic E-state index is 0.0275. The van der Waals surface area contributed by atoms with Gasteiger partial charge in [0.05, 0.1) is 0 Å². The third-order valence-electron chi connectivity index (χ3n) is 4.04. The molecule has 1 aromatic rings. The quantitative estimate of drug-likeness (QED) is 0.846. The molecule has 0 unspecified atom stereocenters. The number of carbonyl (C=O) groups is 2. The number of nitrogens with one attached hydrogen (secondary N) is 1. The lowest BCUT2D eigenvalue weighted by atomic mass is 10.2. The highest BCUT2D eigenvalue weighted by molar-refractivity contribution is 9.10. The first kappa shape index (κ1) is 16.2. The molecule has 1 heterocycles. The molecule has 5 nitrogen and oxygen atoms in total. The summed E-state index contributed by atoms with van der Waals surface area (Å²) < 4.78 is 19.6. The van der Waals surface area contributed by atoms with Gasteiger partial charge in [0.1, 0.15) is 6.04 Å². The minimum Gasteiger partial charge on any atom is -0.481 e. The second kappa shape index (κ2) is 6.86. The highest BCUT2D eigenvalue weighted by Crippen LogP contribution is 2.24. The van der Waals surface area contributed by atoms with Gasteiger partial charge in [-0.15, -0.1) is 0 Å². The molecule has 2 fully saturated rings. The lowest BCUT2D eigenvalue weighted by molar-refractivity contribution is -0.140. The summed E-state index contributed by atoms with van der Waals surface area (Å²) >= 11 is 3.16. The third kappa shape index (κ3) is 4.02. The third-order valence-corrected chi connectivity index (χ3v) is 4.54. The Morgan fingerprint density at radius 2 is 2.13 bits per heavy atom. The van der Waals surface area contributed by atoms with Crippen molar-refractivity contribution in [2.24, 2.45) is 0 Å². The molecule has 3 rings (SSSR count). The SMILES string of the molecule is O=C(NC1CC1)[C@@H]1CCCN1C(=O)COc1ccc(Br)cc1F. The van der Waals surface area contributed by atoms with E-state index in [1.165, 1.54) is 17.0 Å². The first-order valence-corrected chi connectivity index (χ1v) is 8.51. The number of amides is 2. The number of hydrogen-bond acceptors (Lipinski definition) is 3. The average molecular weight is 385 g/mol. The molecular formula is C16H18BrFN2O3. The lowest BCUT2D eigenvalue weighted by Gasteiger charge is -2.24. The van der Waals surface area contributed by atoms with Gasteiger partial charge in [0, 0.05) is 17.1 Å². The van der Waals surface area contributed by atoms with Crippen LogP contribution in [-0.2, 0) is 9.59 Å². The monoisotopic (exact) mass is 384 g/mol. The van der Waals surface area contributed by atoms with Gasteiger partial charge in [0.25, 0.3) is 5.91 Å². The van der Waals surface area contributed by atoms with E-state index in [-0.39, 0.29) is 30.2 Å². The molecule has 2 aliphatic rings. The van der Waals surface area contributed by atoms with Crippen LogP contribution in [0.1, 0.15) is 25.7 Å². The predicted octanol–water partition coefficient (Wildman–Crippen LogP) is 2.24. The van der Waals surface area contributed by atoms with E-state index in [1.807, 2.05) is 0 Å². The van der Waals surface area contributed by atoms with Crippen LogP contribution in [0.4, 0.5) is 4.39 Å². The van der Waals surface area contributed by atoms with E-state index < -0.39 is 11.9 Å². The molecule has 0 spiro atoms. The van der Waals surface area contributed by atoms with Crippen LogP contribution in [0.5, 0.6) is 5.75 Å². The highest BCUT2D eigenvalue weighted by Gasteiger charge is 2.36. The van der Waals surface area contributed by atoms with Crippen molar-refractivity contribution in [1.82, 2.24) is 10.2 Å². The molecule has 2 amide bonds. The summed E-state index contributed by atoms with van der Waals surface area (Å²) in [6.07, 6.45) is 3.48. The van der Waals surface area contributed by atoms with Crippen LogP contribution in [-0.4, -0.2) is 41.9 Å².